The van der Waals surface area contributed by atoms with Crippen LogP contribution in [0.5, 0.6) is 5.75 Å². The molecule has 0 fully saturated rings. The molecule has 1 aromatic rings. The molecular formula is C15H20O3. The van der Waals surface area contributed by atoms with E-state index in [0.29, 0.717) is 6.42 Å². The summed E-state index contributed by atoms with van der Waals surface area (Å²) in [6, 6.07) is 7.45. The zero-order valence-corrected chi connectivity index (χ0v) is 10.9. The van der Waals surface area contributed by atoms with Gasteiger partial charge in [-0.2, -0.15) is 0 Å². The molecule has 1 unspecified atom stereocenters. The molecule has 0 saturated carbocycles. The summed E-state index contributed by atoms with van der Waals surface area (Å²) in [5, 5.41) is 9.51. The Hall–Kier alpha value is -1.61. The molecule has 0 spiro atoms. The minimum absolute atomic E-state index is 0.0493. The van der Waals surface area contributed by atoms with Crippen LogP contribution in [0.3, 0.4) is 0 Å². The van der Waals surface area contributed by atoms with Crippen LogP contribution in [0, 0.1) is 0 Å². The summed E-state index contributed by atoms with van der Waals surface area (Å²) in [6.07, 6.45) is 4.49. The van der Waals surface area contributed by atoms with Gasteiger partial charge < -0.3 is 9.84 Å². The van der Waals surface area contributed by atoms with Gasteiger partial charge >= 0.3 is 0 Å². The third-order valence-corrected chi connectivity index (χ3v) is 2.64. The van der Waals surface area contributed by atoms with Gasteiger partial charge in [0.1, 0.15) is 5.75 Å². The van der Waals surface area contributed by atoms with E-state index in [4.69, 9.17) is 4.74 Å². The summed E-state index contributed by atoms with van der Waals surface area (Å²) in [5.41, 5.74) is 0.939. The average molecular weight is 248 g/mol. The van der Waals surface area contributed by atoms with Crippen LogP contribution in [0.15, 0.2) is 30.3 Å². The van der Waals surface area contributed by atoms with Gasteiger partial charge in [0.2, 0.25) is 0 Å². The molecule has 0 aliphatic rings. The fourth-order valence-corrected chi connectivity index (χ4v) is 1.64. The molecule has 98 valence electrons. The molecule has 0 amide bonds. The number of allylic oxidation sites excluding steroid dienone is 1. The van der Waals surface area contributed by atoms with E-state index in [0.717, 1.165) is 17.7 Å². The Morgan fingerprint density at radius 1 is 1.39 bits per heavy atom. The van der Waals surface area contributed by atoms with Crippen molar-refractivity contribution in [3.63, 3.8) is 0 Å². The molecule has 0 saturated heterocycles. The number of aliphatic hydroxyl groups is 1. The lowest BCUT2D eigenvalue weighted by Crippen LogP contribution is -2.11. The van der Waals surface area contributed by atoms with Gasteiger partial charge in [0.05, 0.1) is 13.2 Å². The van der Waals surface area contributed by atoms with Crippen molar-refractivity contribution in [1.29, 1.82) is 0 Å². The monoisotopic (exact) mass is 248 g/mol. The molecule has 0 aliphatic heterocycles. The highest BCUT2D eigenvalue weighted by atomic mass is 16.5. The van der Waals surface area contributed by atoms with Gasteiger partial charge in [-0.05, 0) is 30.2 Å². The summed E-state index contributed by atoms with van der Waals surface area (Å²) in [4.78, 5) is 11.6. The Morgan fingerprint density at radius 2 is 2.06 bits per heavy atom. The highest BCUT2D eigenvalue weighted by Crippen LogP contribution is 2.12. The summed E-state index contributed by atoms with van der Waals surface area (Å²) in [7, 11) is 1.61. The second-order valence-corrected chi connectivity index (χ2v) is 4.22. The Balaban J connectivity index is 2.49. The van der Waals surface area contributed by atoms with E-state index in [2.05, 4.69) is 0 Å². The van der Waals surface area contributed by atoms with Crippen LogP contribution < -0.4 is 4.74 Å². The first-order chi connectivity index (χ1) is 8.65. The molecule has 0 aromatic heterocycles. The van der Waals surface area contributed by atoms with Gasteiger partial charge in [0, 0.05) is 6.42 Å². The second kappa shape index (κ2) is 7.67. The third-order valence-electron chi connectivity index (χ3n) is 2.64. The summed E-state index contributed by atoms with van der Waals surface area (Å²) < 4.78 is 5.05. The Bertz CT molecular complexity index is 393. The molecule has 18 heavy (non-hydrogen) atoms. The third kappa shape index (κ3) is 5.15. The number of hydrogen-bond donors (Lipinski definition) is 1. The fraction of sp³-hybridized carbons (Fsp3) is 0.400. The van der Waals surface area contributed by atoms with Gasteiger partial charge in [-0.3, -0.25) is 4.79 Å². The van der Waals surface area contributed by atoms with Crippen molar-refractivity contribution in [2.24, 2.45) is 0 Å². The zero-order chi connectivity index (χ0) is 13.4. The normalized spacial score (nSPS) is 12.6. The molecule has 0 heterocycles. The molecule has 0 aliphatic carbocycles. The van der Waals surface area contributed by atoms with Crippen LogP contribution in [-0.4, -0.2) is 24.1 Å². The fourth-order valence-electron chi connectivity index (χ4n) is 1.64. The van der Waals surface area contributed by atoms with Crippen LogP contribution >= 0.6 is 0 Å². The minimum Gasteiger partial charge on any atom is -0.497 e. The number of ketones is 1. The SMILES string of the molecule is CCCC(O)CC(=O)/C=C/c1ccc(OC)cc1. The lowest BCUT2D eigenvalue weighted by molar-refractivity contribution is -0.116. The second-order valence-electron chi connectivity index (χ2n) is 4.22. The number of carbonyl (C=O) groups is 1. The van der Waals surface area contributed by atoms with Crippen molar-refractivity contribution < 1.29 is 14.6 Å². The quantitative estimate of drug-likeness (QED) is 0.755. The number of aliphatic hydroxyl groups excluding tert-OH is 1. The smallest absolute Gasteiger partial charge is 0.158 e. The molecule has 1 N–H and O–H groups in total. The van der Waals surface area contributed by atoms with Gasteiger partial charge in [-0.1, -0.05) is 31.6 Å². The number of methoxy groups -OCH3 is 1. The van der Waals surface area contributed by atoms with Crippen LogP contribution in [0.1, 0.15) is 31.7 Å². The van der Waals surface area contributed by atoms with E-state index in [1.54, 1.807) is 13.2 Å². The van der Waals surface area contributed by atoms with E-state index in [1.165, 1.54) is 6.08 Å². The van der Waals surface area contributed by atoms with Crippen molar-refractivity contribution in [3.8, 4) is 5.75 Å². The summed E-state index contributed by atoms with van der Waals surface area (Å²) in [6.45, 7) is 1.99. The number of rotatable bonds is 7. The number of hydrogen-bond acceptors (Lipinski definition) is 3. The Kier molecular flexibility index (Phi) is 6.15. The first-order valence-electron chi connectivity index (χ1n) is 6.18. The van der Waals surface area contributed by atoms with Crippen molar-refractivity contribution in [1.82, 2.24) is 0 Å². The maximum absolute atomic E-state index is 11.6. The first kappa shape index (κ1) is 14.5. The van der Waals surface area contributed by atoms with E-state index >= 15 is 0 Å². The molecule has 1 aromatic carbocycles. The lowest BCUT2D eigenvalue weighted by atomic mass is 10.1. The van der Waals surface area contributed by atoms with Crippen LogP contribution in [-0.2, 0) is 4.79 Å². The maximum atomic E-state index is 11.6. The maximum Gasteiger partial charge on any atom is 0.158 e. The van der Waals surface area contributed by atoms with E-state index < -0.39 is 6.10 Å². The molecule has 1 atom stereocenters. The largest absolute Gasteiger partial charge is 0.497 e. The van der Waals surface area contributed by atoms with Crippen molar-refractivity contribution >= 4 is 11.9 Å². The molecule has 3 heteroatoms. The Labute approximate surface area is 108 Å². The molecular weight excluding hydrogens is 228 g/mol. The standard InChI is InChI=1S/C15H20O3/c1-3-4-13(16)11-14(17)8-5-12-6-9-15(18-2)10-7-12/h5-10,13,16H,3-4,11H2,1-2H3/b8-5+. The first-order valence-corrected chi connectivity index (χ1v) is 6.18. The average Bonchev–Trinajstić information content (AvgIpc) is 2.37. The van der Waals surface area contributed by atoms with Crippen molar-refractivity contribution in [2.45, 2.75) is 32.3 Å². The summed E-state index contributed by atoms with van der Waals surface area (Å²) in [5.74, 6) is 0.739. The van der Waals surface area contributed by atoms with Crippen LogP contribution in [0.2, 0.25) is 0 Å². The molecule has 0 bridgehead atoms. The minimum atomic E-state index is -0.525. The molecule has 1 rings (SSSR count). The highest BCUT2D eigenvalue weighted by molar-refractivity contribution is 5.93. The number of carbonyl (C=O) groups excluding carboxylic acids is 1. The van der Waals surface area contributed by atoms with E-state index in [9.17, 15) is 9.90 Å². The van der Waals surface area contributed by atoms with Crippen LogP contribution in [0.25, 0.3) is 6.08 Å². The van der Waals surface area contributed by atoms with Gasteiger partial charge in [-0.15, -0.1) is 0 Å². The summed E-state index contributed by atoms with van der Waals surface area (Å²) >= 11 is 0. The Morgan fingerprint density at radius 3 is 2.61 bits per heavy atom. The predicted octanol–water partition coefficient (Wildman–Crippen LogP) is 2.83. The van der Waals surface area contributed by atoms with Crippen LogP contribution in [0.4, 0.5) is 0 Å². The number of ether oxygens (including phenoxy) is 1. The van der Waals surface area contributed by atoms with E-state index in [1.807, 2.05) is 31.2 Å². The van der Waals surface area contributed by atoms with Gasteiger partial charge in [0.25, 0.3) is 0 Å². The van der Waals surface area contributed by atoms with Crippen molar-refractivity contribution in [2.75, 3.05) is 7.11 Å². The topological polar surface area (TPSA) is 46.5 Å². The zero-order valence-electron chi connectivity index (χ0n) is 10.9. The van der Waals surface area contributed by atoms with E-state index in [-0.39, 0.29) is 12.2 Å². The van der Waals surface area contributed by atoms with Gasteiger partial charge in [0.15, 0.2) is 5.78 Å². The predicted molar refractivity (Wildman–Crippen MR) is 72.6 cm³/mol. The molecule has 0 radical (unpaired) electrons. The lowest BCUT2D eigenvalue weighted by Gasteiger charge is -2.05. The highest BCUT2D eigenvalue weighted by Gasteiger charge is 2.06. The van der Waals surface area contributed by atoms with Crippen molar-refractivity contribution in [3.05, 3.63) is 35.9 Å². The van der Waals surface area contributed by atoms with Gasteiger partial charge in [-0.25, -0.2) is 0 Å². The molecule has 3 nitrogen and oxygen atoms in total. The number of benzene rings is 1.